The second kappa shape index (κ2) is 7.61. The molecule has 1 atom stereocenters. The summed E-state index contributed by atoms with van der Waals surface area (Å²) in [5.74, 6) is 0.472. The lowest BCUT2D eigenvalue weighted by Gasteiger charge is -2.17. The van der Waals surface area contributed by atoms with E-state index in [1.807, 2.05) is 50.2 Å². The molecule has 2 aromatic rings. The van der Waals surface area contributed by atoms with Gasteiger partial charge in [0.1, 0.15) is 5.75 Å². The van der Waals surface area contributed by atoms with Crippen LogP contribution in [0.2, 0.25) is 0 Å². The zero-order chi connectivity index (χ0) is 15.9. The molecule has 0 radical (unpaired) electrons. The highest BCUT2D eigenvalue weighted by atomic mass is 16.5. The Hall–Kier alpha value is -2.33. The van der Waals surface area contributed by atoms with Crippen molar-refractivity contribution >= 4 is 5.91 Å². The Morgan fingerprint density at radius 1 is 1.23 bits per heavy atom. The predicted octanol–water partition coefficient (Wildman–Crippen LogP) is 2.86. The minimum Gasteiger partial charge on any atom is -0.494 e. The molecule has 1 unspecified atom stereocenters. The summed E-state index contributed by atoms with van der Waals surface area (Å²) in [6.07, 6.45) is 0. The number of ether oxygens (including phenoxy) is 1. The van der Waals surface area contributed by atoms with Gasteiger partial charge in [0, 0.05) is 5.56 Å². The van der Waals surface area contributed by atoms with Crippen LogP contribution in [-0.2, 0) is 0 Å². The highest BCUT2D eigenvalue weighted by molar-refractivity contribution is 5.95. The molecule has 2 N–H and O–H groups in total. The number of benzene rings is 2. The third-order valence-electron chi connectivity index (χ3n) is 3.44. The van der Waals surface area contributed by atoms with E-state index < -0.39 is 6.04 Å². The van der Waals surface area contributed by atoms with Crippen molar-refractivity contribution in [3.63, 3.8) is 0 Å². The maximum absolute atomic E-state index is 12.4. The van der Waals surface area contributed by atoms with Crippen molar-refractivity contribution in [2.24, 2.45) is 0 Å². The molecule has 2 aromatic carbocycles. The number of amides is 1. The Bertz CT molecular complexity index is 625. The molecule has 1 amide bonds. The summed E-state index contributed by atoms with van der Waals surface area (Å²) in [6, 6.07) is 14.3. The number of rotatable bonds is 6. The van der Waals surface area contributed by atoms with Gasteiger partial charge in [-0.25, -0.2) is 0 Å². The molecule has 0 heterocycles. The second-order valence-electron chi connectivity index (χ2n) is 5.03. The first-order valence-electron chi connectivity index (χ1n) is 7.35. The summed E-state index contributed by atoms with van der Waals surface area (Å²) in [4.78, 5) is 12.4. The molecule has 0 saturated carbocycles. The lowest BCUT2D eigenvalue weighted by atomic mass is 10.1. The number of aliphatic hydroxyl groups excluding tert-OH is 1. The molecule has 0 fully saturated rings. The van der Waals surface area contributed by atoms with Crippen LogP contribution >= 0.6 is 0 Å². The van der Waals surface area contributed by atoms with Gasteiger partial charge >= 0.3 is 0 Å². The number of aliphatic hydroxyl groups is 1. The third kappa shape index (κ3) is 3.86. The quantitative estimate of drug-likeness (QED) is 0.862. The normalized spacial score (nSPS) is 11.8. The smallest absolute Gasteiger partial charge is 0.251 e. The second-order valence-corrected chi connectivity index (χ2v) is 5.03. The van der Waals surface area contributed by atoms with Gasteiger partial charge < -0.3 is 15.2 Å². The van der Waals surface area contributed by atoms with Crippen molar-refractivity contribution in [3.8, 4) is 5.75 Å². The van der Waals surface area contributed by atoms with Gasteiger partial charge in [-0.15, -0.1) is 0 Å². The standard InChI is InChI=1S/C18H21NO3/c1-3-22-17-11-15(10-9-13(17)2)18(21)19-16(12-20)14-7-5-4-6-8-14/h4-11,16,20H,3,12H2,1-2H3,(H,19,21). The van der Waals surface area contributed by atoms with E-state index in [9.17, 15) is 9.90 Å². The van der Waals surface area contributed by atoms with Crippen LogP contribution in [0.25, 0.3) is 0 Å². The first kappa shape index (κ1) is 16.0. The predicted molar refractivity (Wildman–Crippen MR) is 86.1 cm³/mol. The van der Waals surface area contributed by atoms with Gasteiger partial charge in [0.15, 0.2) is 0 Å². The highest BCUT2D eigenvalue weighted by Gasteiger charge is 2.15. The van der Waals surface area contributed by atoms with Crippen molar-refractivity contribution < 1.29 is 14.6 Å². The van der Waals surface area contributed by atoms with E-state index in [1.165, 1.54) is 0 Å². The monoisotopic (exact) mass is 299 g/mol. The van der Waals surface area contributed by atoms with Crippen molar-refractivity contribution in [3.05, 3.63) is 65.2 Å². The molecule has 0 aliphatic rings. The van der Waals surface area contributed by atoms with E-state index in [4.69, 9.17) is 4.74 Å². The van der Waals surface area contributed by atoms with Gasteiger partial charge in [-0.05, 0) is 37.1 Å². The highest BCUT2D eigenvalue weighted by Crippen LogP contribution is 2.20. The zero-order valence-corrected chi connectivity index (χ0v) is 12.9. The van der Waals surface area contributed by atoms with Crippen LogP contribution in [0, 0.1) is 6.92 Å². The molecular formula is C18H21NO3. The van der Waals surface area contributed by atoms with Gasteiger partial charge in [-0.1, -0.05) is 36.4 Å². The van der Waals surface area contributed by atoms with Crippen LogP contribution in [0.4, 0.5) is 0 Å². The third-order valence-corrected chi connectivity index (χ3v) is 3.44. The summed E-state index contributed by atoms with van der Waals surface area (Å²) in [7, 11) is 0. The fourth-order valence-electron chi connectivity index (χ4n) is 2.21. The number of hydrogen-bond acceptors (Lipinski definition) is 3. The summed E-state index contributed by atoms with van der Waals surface area (Å²) < 4.78 is 5.51. The van der Waals surface area contributed by atoms with Gasteiger partial charge in [-0.2, -0.15) is 0 Å². The Morgan fingerprint density at radius 3 is 2.59 bits per heavy atom. The minimum atomic E-state index is -0.425. The molecule has 2 rings (SSSR count). The van der Waals surface area contributed by atoms with Crippen molar-refractivity contribution in [2.45, 2.75) is 19.9 Å². The van der Waals surface area contributed by atoms with Gasteiger partial charge in [-0.3, -0.25) is 4.79 Å². The molecule has 0 spiro atoms. The largest absolute Gasteiger partial charge is 0.494 e. The zero-order valence-electron chi connectivity index (χ0n) is 12.9. The first-order chi connectivity index (χ1) is 10.7. The van der Waals surface area contributed by atoms with Crippen LogP contribution < -0.4 is 10.1 Å². The Kier molecular flexibility index (Phi) is 5.55. The molecule has 116 valence electrons. The molecule has 0 aromatic heterocycles. The lowest BCUT2D eigenvalue weighted by molar-refractivity contribution is 0.0915. The fourth-order valence-corrected chi connectivity index (χ4v) is 2.21. The molecule has 22 heavy (non-hydrogen) atoms. The van der Waals surface area contributed by atoms with Crippen molar-refractivity contribution in [1.29, 1.82) is 0 Å². The van der Waals surface area contributed by atoms with E-state index in [2.05, 4.69) is 5.32 Å². The average molecular weight is 299 g/mol. The Balaban J connectivity index is 2.16. The molecule has 0 bridgehead atoms. The van der Waals surface area contributed by atoms with Crippen LogP contribution in [0.3, 0.4) is 0 Å². The number of aryl methyl sites for hydroxylation is 1. The summed E-state index contributed by atoms with van der Waals surface area (Å²) >= 11 is 0. The summed E-state index contributed by atoms with van der Waals surface area (Å²) in [5, 5.41) is 12.4. The van der Waals surface area contributed by atoms with E-state index >= 15 is 0 Å². The van der Waals surface area contributed by atoms with Gasteiger partial charge in [0.2, 0.25) is 0 Å². The average Bonchev–Trinajstić information content (AvgIpc) is 2.55. The van der Waals surface area contributed by atoms with E-state index in [-0.39, 0.29) is 12.5 Å². The summed E-state index contributed by atoms with van der Waals surface area (Å²) in [5.41, 5.74) is 2.37. The SMILES string of the molecule is CCOc1cc(C(=O)NC(CO)c2ccccc2)ccc1C. The number of carbonyl (C=O) groups is 1. The van der Waals surface area contributed by atoms with E-state index in [0.29, 0.717) is 17.9 Å². The van der Waals surface area contributed by atoms with Crippen molar-refractivity contribution in [1.82, 2.24) is 5.32 Å². The Labute approximate surface area is 130 Å². The first-order valence-corrected chi connectivity index (χ1v) is 7.35. The van der Waals surface area contributed by atoms with Crippen LogP contribution in [-0.4, -0.2) is 24.2 Å². The van der Waals surface area contributed by atoms with Crippen LogP contribution in [0.15, 0.2) is 48.5 Å². The van der Waals surface area contributed by atoms with Crippen molar-refractivity contribution in [2.75, 3.05) is 13.2 Å². The lowest BCUT2D eigenvalue weighted by Crippen LogP contribution is -2.30. The van der Waals surface area contributed by atoms with E-state index in [1.54, 1.807) is 12.1 Å². The van der Waals surface area contributed by atoms with Gasteiger partial charge in [0.25, 0.3) is 5.91 Å². The number of hydrogen-bond donors (Lipinski definition) is 2. The molecule has 0 saturated heterocycles. The van der Waals surface area contributed by atoms with Gasteiger partial charge in [0.05, 0.1) is 19.3 Å². The molecule has 4 heteroatoms. The maximum atomic E-state index is 12.4. The summed E-state index contributed by atoms with van der Waals surface area (Å²) in [6.45, 7) is 4.24. The fraction of sp³-hybridized carbons (Fsp3) is 0.278. The maximum Gasteiger partial charge on any atom is 0.251 e. The topological polar surface area (TPSA) is 58.6 Å². The molecule has 0 aliphatic carbocycles. The van der Waals surface area contributed by atoms with E-state index in [0.717, 1.165) is 11.1 Å². The minimum absolute atomic E-state index is 0.153. The Morgan fingerprint density at radius 2 is 1.95 bits per heavy atom. The van der Waals surface area contributed by atoms with Crippen LogP contribution in [0.5, 0.6) is 5.75 Å². The number of nitrogens with one attached hydrogen (secondary N) is 1. The molecule has 0 aliphatic heterocycles. The molecular weight excluding hydrogens is 278 g/mol. The van der Waals surface area contributed by atoms with Crippen LogP contribution in [0.1, 0.15) is 34.5 Å². The molecule has 4 nitrogen and oxygen atoms in total. The number of carbonyl (C=O) groups excluding carboxylic acids is 1.